The number of nitrogens with two attached hydrogens (primary N) is 1. The number of amides is 1. The first-order chi connectivity index (χ1) is 8.91. The second-order valence-corrected chi connectivity index (χ2v) is 6.68. The Hall–Kier alpha value is -0.580. The lowest BCUT2D eigenvalue weighted by atomic mass is 9.82. The molecule has 1 aliphatic heterocycles. The minimum Gasteiger partial charge on any atom is -0.342 e. The van der Waals surface area contributed by atoms with E-state index in [1.807, 2.05) is 43.0 Å². The smallest absolute Gasteiger partial charge is 0.232 e. The number of hydrogen-bond donors (Lipinski definition) is 1. The number of hydrogen-bond acceptors (Lipinski definition) is 2. The summed E-state index contributed by atoms with van der Waals surface area (Å²) in [5.74, 6) is 0.196. The van der Waals surface area contributed by atoms with E-state index in [4.69, 9.17) is 5.73 Å². The van der Waals surface area contributed by atoms with Crippen LogP contribution in [-0.2, 0) is 10.2 Å². The molecule has 1 saturated heterocycles. The van der Waals surface area contributed by atoms with E-state index >= 15 is 0 Å². The Morgan fingerprint density at radius 3 is 2.25 bits per heavy atom. The Kier molecular flexibility index (Phi) is 6.05. The molecular weight excluding hydrogens is 340 g/mol. The second kappa shape index (κ2) is 6.92. The average Bonchev–Trinajstić information content (AvgIpc) is 2.39. The number of carbonyl (C=O) groups is 1. The Morgan fingerprint density at radius 2 is 1.75 bits per heavy atom. The van der Waals surface area contributed by atoms with Gasteiger partial charge < -0.3 is 10.6 Å². The Bertz CT molecular complexity index is 453. The van der Waals surface area contributed by atoms with Gasteiger partial charge in [-0.25, -0.2) is 0 Å². The van der Waals surface area contributed by atoms with E-state index in [0.29, 0.717) is 0 Å². The van der Waals surface area contributed by atoms with Crippen molar-refractivity contribution in [1.29, 1.82) is 0 Å². The lowest BCUT2D eigenvalue weighted by Crippen LogP contribution is -2.49. The molecule has 1 fully saturated rings. The molecule has 112 valence electrons. The van der Waals surface area contributed by atoms with E-state index in [9.17, 15) is 4.79 Å². The second-order valence-electron chi connectivity index (χ2n) is 5.76. The molecule has 5 heteroatoms. The maximum atomic E-state index is 12.7. The highest BCUT2D eigenvalue weighted by Crippen LogP contribution is 2.28. The van der Waals surface area contributed by atoms with Crippen molar-refractivity contribution in [2.75, 3.05) is 13.1 Å². The lowest BCUT2D eigenvalue weighted by Gasteiger charge is -2.36. The van der Waals surface area contributed by atoms with Crippen LogP contribution in [0, 0.1) is 0 Å². The monoisotopic (exact) mass is 360 g/mol. The Labute approximate surface area is 135 Å². The minimum absolute atomic E-state index is 0. The zero-order chi connectivity index (χ0) is 14.0. The molecule has 0 radical (unpaired) electrons. The molecule has 0 aromatic heterocycles. The van der Waals surface area contributed by atoms with Crippen LogP contribution in [0.3, 0.4) is 0 Å². The lowest BCUT2D eigenvalue weighted by molar-refractivity contribution is -0.137. The van der Waals surface area contributed by atoms with Crippen LogP contribution in [0.25, 0.3) is 0 Å². The summed E-state index contributed by atoms with van der Waals surface area (Å²) in [6, 6.07) is 8.24. The van der Waals surface area contributed by atoms with Gasteiger partial charge in [0.25, 0.3) is 0 Å². The number of carbonyl (C=O) groups excluding carboxylic acids is 1. The van der Waals surface area contributed by atoms with Gasteiger partial charge in [0.2, 0.25) is 5.91 Å². The van der Waals surface area contributed by atoms with Gasteiger partial charge in [0, 0.05) is 23.6 Å². The molecule has 0 aliphatic carbocycles. The van der Waals surface area contributed by atoms with Crippen LogP contribution in [0.2, 0.25) is 0 Å². The Morgan fingerprint density at radius 1 is 1.25 bits per heavy atom. The highest BCUT2D eigenvalue weighted by Gasteiger charge is 2.34. The van der Waals surface area contributed by atoms with Gasteiger partial charge in [-0.2, -0.15) is 0 Å². The molecule has 20 heavy (non-hydrogen) atoms. The number of nitrogens with zero attached hydrogens (tertiary/aromatic N) is 1. The van der Waals surface area contributed by atoms with Gasteiger partial charge in [0.1, 0.15) is 0 Å². The normalized spacial score (nSPS) is 16.7. The van der Waals surface area contributed by atoms with Crippen LogP contribution in [0.5, 0.6) is 0 Å². The average molecular weight is 362 g/mol. The van der Waals surface area contributed by atoms with Crippen LogP contribution in [0.1, 0.15) is 32.3 Å². The van der Waals surface area contributed by atoms with Gasteiger partial charge >= 0.3 is 0 Å². The fraction of sp³-hybridized carbons (Fsp3) is 0.533. The van der Waals surface area contributed by atoms with E-state index in [2.05, 4.69) is 15.9 Å². The van der Waals surface area contributed by atoms with Crippen LogP contribution < -0.4 is 5.73 Å². The molecule has 1 aromatic rings. The van der Waals surface area contributed by atoms with E-state index in [1.165, 1.54) is 0 Å². The van der Waals surface area contributed by atoms with Gasteiger partial charge in [-0.3, -0.25) is 4.79 Å². The van der Waals surface area contributed by atoms with E-state index in [0.717, 1.165) is 36.0 Å². The molecule has 0 bridgehead atoms. The molecule has 1 aliphatic rings. The molecule has 1 heterocycles. The molecule has 0 spiro atoms. The topological polar surface area (TPSA) is 46.3 Å². The number of piperidine rings is 1. The number of likely N-dealkylation sites (tertiary alicyclic amines) is 1. The molecular formula is C15H22BrClN2O. The third-order valence-corrected chi connectivity index (χ3v) is 4.46. The zero-order valence-electron chi connectivity index (χ0n) is 11.9. The summed E-state index contributed by atoms with van der Waals surface area (Å²) >= 11 is 3.42. The first kappa shape index (κ1) is 17.5. The third-order valence-electron chi connectivity index (χ3n) is 3.93. The maximum absolute atomic E-state index is 12.7. The van der Waals surface area contributed by atoms with Gasteiger partial charge in [0.05, 0.1) is 5.41 Å². The largest absolute Gasteiger partial charge is 0.342 e. The zero-order valence-corrected chi connectivity index (χ0v) is 14.3. The first-order valence-electron chi connectivity index (χ1n) is 6.72. The van der Waals surface area contributed by atoms with Crippen LogP contribution >= 0.6 is 28.3 Å². The van der Waals surface area contributed by atoms with E-state index in [1.54, 1.807) is 0 Å². The number of benzene rings is 1. The summed E-state index contributed by atoms with van der Waals surface area (Å²) in [5.41, 5.74) is 6.46. The molecule has 0 saturated carbocycles. The molecule has 1 aromatic carbocycles. The van der Waals surface area contributed by atoms with Gasteiger partial charge in [-0.1, -0.05) is 28.1 Å². The van der Waals surface area contributed by atoms with Crippen molar-refractivity contribution in [3.8, 4) is 0 Å². The highest BCUT2D eigenvalue weighted by atomic mass is 79.9. The van der Waals surface area contributed by atoms with Crippen molar-refractivity contribution in [1.82, 2.24) is 4.90 Å². The molecule has 1 amide bonds. The summed E-state index contributed by atoms with van der Waals surface area (Å²) in [4.78, 5) is 14.6. The van der Waals surface area contributed by atoms with Gasteiger partial charge in [-0.05, 0) is 44.4 Å². The van der Waals surface area contributed by atoms with Gasteiger partial charge in [-0.15, -0.1) is 12.4 Å². The van der Waals surface area contributed by atoms with E-state index in [-0.39, 0.29) is 24.4 Å². The predicted octanol–water partition coefficient (Wildman–Crippen LogP) is 3.10. The van der Waals surface area contributed by atoms with Crippen molar-refractivity contribution in [2.45, 2.75) is 38.1 Å². The fourth-order valence-electron chi connectivity index (χ4n) is 2.49. The summed E-state index contributed by atoms with van der Waals surface area (Å²) in [5, 5.41) is 0. The maximum Gasteiger partial charge on any atom is 0.232 e. The number of halogens is 2. The predicted molar refractivity (Wildman–Crippen MR) is 88.2 cm³/mol. The number of rotatable bonds is 2. The van der Waals surface area contributed by atoms with Gasteiger partial charge in [0.15, 0.2) is 0 Å². The summed E-state index contributed by atoms with van der Waals surface area (Å²) in [6.07, 6.45) is 1.81. The fourth-order valence-corrected chi connectivity index (χ4v) is 2.75. The van der Waals surface area contributed by atoms with Crippen LogP contribution in [0.4, 0.5) is 0 Å². The minimum atomic E-state index is -0.484. The van der Waals surface area contributed by atoms with Crippen molar-refractivity contribution in [3.63, 3.8) is 0 Å². The summed E-state index contributed by atoms with van der Waals surface area (Å²) in [6.45, 7) is 5.54. The molecule has 0 unspecified atom stereocenters. The van der Waals surface area contributed by atoms with Crippen LogP contribution in [-0.4, -0.2) is 29.9 Å². The highest BCUT2D eigenvalue weighted by molar-refractivity contribution is 9.10. The Balaban J connectivity index is 0.00000200. The molecule has 0 atom stereocenters. The molecule has 2 N–H and O–H groups in total. The van der Waals surface area contributed by atoms with Crippen molar-refractivity contribution in [3.05, 3.63) is 34.3 Å². The standard InChI is InChI=1S/C15H21BrN2O.ClH/c1-15(2,11-3-5-12(16)6-4-11)14(19)18-9-7-13(17)8-10-18;/h3-6,13H,7-10,17H2,1-2H3;1H. The summed E-state index contributed by atoms with van der Waals surface area (Å²) < 4.78 is 1.03. The van der Waals surface area contributed by atoms with Crippen molar-refractivity contribution < 1.29 is 4.79 Å². The van der Waals surface area contributed by atoms with Crippen molar-refractivity contribution >= 4 is 34.2 Å². The van der Waals surface area contributed by atoms with E-state index < -0.39 is 5.41 Å². The SMILES string of the molecule is CC(C)(C(=O)N1CCC(N)CC1)c1ccc(Br)cc1.Cl. The summed E-state index contributed by atoms with van der Waals surface area (Å²) in [7, 11) is 0. The van der Waals surface area contributed by atoms with Crippen LogP contribution in [0.15, 0.2) is 28.7 Å². The molecule has 3 nitrogen and oxygen atoms in total. The molecule has 2 rings (SSSR count). The quantitative estimate of drug-likeness (QED) is 0.880. The third kappa shape index (κ3) is 3.74. The van der Waals surface area contributed by atoms with Crippen molar-refractivity contribution in [2.24, 2.45) is 5.73 Å². The first-order valence-corrected chi connectivity index (χ1v) is 7.51.